The Kier molecular flexibility index (Phi) is 5.41. The van der Waals surface area contributed by atoms with Gasteiger partial charge in [0, 0.05) is 5.02 Å². The van der Waals surface area contributed by atoms with Gasteiger partial charge in [-0.1, -0.05) is 34.8 Å². The first-order valence-corrected chi connectivity index (χ1v) is 8.74. The second kappa shape index (κ2) is 6.97. The average molecular weight is 395 g/mol. The minimum absolute atomic E-state index is 0.0547. The molecular weight excluding hydrogens is 385 g/mol. The van der Waals surface area contributed by atoms with Crippen LogP contribution in [0.25, 0.3) is 0 Å². The number of carboxylic acids is 1. The monoisotopic (exact) mass is 393 g/mol. The molecule has 9 heteroatoms. The van der Waals surface area contributed by atoms with E-state index >= 15 is 0 Å². The predicted octanol–water partition coefficient (Wildman–Crippen LogP) is 3.93. The third kappa shape index (κ3) is 4.09. The molecule has 0 aliphatic carbocycles. The molecule has 0 amide bonds. The number of nitrogens with zero attached hydrogens (tertiary/aromatic N) is 1. The van der Waals surface area contributed by atoms with Crippen LogP contribution < -0.4 is 4.31 Å². The van der Waals surface area contributed by atoms with E-state index in [4.69, 9.17) is 39.9 Å². The van der Waals surface area contributed by atoms with Crippen LogP contribution in [0.2, 0.25) is 15.1 Å². The van der Waals surface area contributed by atoms with Gasteiger partial charge in [-0.15, -0.1) is 0 Å². The van der Waals surface area contributed by atoms with Crippen molar-refractivity contribution in [3.63, 3.8) is 0 Å². The molecule has 2 aromatic carbocycles. The first-order valence-electron chi connectivity index (χ1n) is 6.17. The molecule has 0 aliphatic heterocycles. The Morgan fingerprint density at radius 1 is 1.00 bits per heavy atom. The van der Waals surface area contributed by atoms with Crippen LogP contribution in [0.15, 0.2) is 47.4 Å². The van der Waals surface area contributed by atoms with Crippen molar-refractivity contribution in [3.8, 4) is 0 Å². The lowest BCUT2D eigenvalue weighted by atomic mass is 10.3. The Bertz CT molecular complexity index is 838. The number of halogens is 3. The third-order valence-electron chi connectivity index (χ3n) is 2.87. The maximum absolute atomic E-state index is 12.7. The standard InChI is InChI=1S/C14H10Cl3NO4S/c15-9-1-3-10(4-2-9)18(8-14(19)20)23(21,22)11-5-6-12(16)13(17)7-11/h1-7H,8H2,(H,19,20). The van der Waals surface area contributed by atoms with Crippen molar-refractivity contribution in [1.29, 1.82) is 0 Å². The van der Waals surface area contributed by atoms with Crippen LogP contribution in [0.5, 0.6) is 0 Å². The number of anilines is 1. The van der Waals surface area contributed by atoms with E-state index < -0.39 is 22.5 Å². The largest absolute Gasteiger partial charge is 0.480 e. The normalized spacial score (nSPS) is 11.3. The maximum Gasteiger partial charge on any atom is 0.324 e. The predicted molar refractivity (Wildman–Crippen MR) is 90.1 cm³/mol. The summed E-state index contributed by atoms with van der Waals surface area (Å²) in [5.74, 6) is -1.30. The zero-order valence-corrected chi connectivity index (χ0v) is 14.5. The van der Waals surface area contributed by atoms with Crippen molar-refractivity contribution in [3.05, 3.63) is 57.5 Å². The van der Waals surface area contributed by atoms with Gasteiger partial charge in [0.25, 0.3) is 10.0 Å². The average Bonchev–Trinajstić information content (AvgIpc) is 2.48. The summed E-state index contributed by atoms with van der Waals surface area (Å²) in [5.41, 5.74) is 0.169. The van der Waals surface area contributed by atoms with Crippen molar-refractivity contribution >= 4 is 56.5 Å². The number of sulfonamides is 1. The highest BCUT2D eigenvalue weighted by Gasteiger charge is 2.27. The van der Waals surface area contributed by atoms with Crippen LogP contribution in [0.3, 0.4) is 0 Å². The Morgan fingerprint density at radius 2 is 1.61 bits per heavy atom. The molecule has 5 nitrogen and oxygen atoms in total. The van der Waals surface area contributed by atoms with E-state index in [1.165, 1.54) is 42.5 Å². The van der Waals surface area contributed by atoms with E-state index in [0.29, 0.717) is 5.02 Å². The molecule has 0 aromatic heterocycles. The molecule has 0 saturated carbocycles. The van der Waals surface area contributed by atoms with Crippen LogP contribution in [0.4, 0.5) is 5.69 Å². The number of aliphatic carboxylic acids is 1. The minimum Gasteiger partial charge on any atom is -0.480 e. The van der Waals surface area contributed by atoms with Crippen LogP contribution in [0.1, 0.15) is 0 Å². The third-order valence-corrected chi connectivity index (χ3v) is 5.63. The summed E-state index contributed by atoms with van der Waals surface area (Å²) in [6.07, 6.45) is 0. The van der Waals surface area contributed by atoms with E-state index in [-0.39, 0.29) is 20.6 Å². The van der Waals surface area contributed by atoms with Gasteiger partial charge in [-0.2, -0.15) is 0 Å². The number of hydrogen-bond donors (Lipinski definition) is 1. The van der Waals surface area contributed by atoms with E-state index in [0.717, 1.165) is 4.31 Å². The van der Waals surface area contributed by atoms with E-state index in [1.54, 1.807) is 0 Å². The lowest BCUT2D eigenvalue weighted by molar-refractivity contribution is -0.135. The van der Waals surface area contributed by atoms with E-state index in [1.807, 2.05) is 0 Å². The Balaban J connectivity index is 2.54. The first kappa shape index (κ1) is 17.9. The molecule has 0 atom stereocenters. The van der Waals surface area contributed by atoms with Crippen molar-refractivity contribution in [2.24, 2.45) is 0 Å². The second-order valence-corrected chi connectivity index (χ2v) is 7.57. The fourth-order valence-electron chi connectivity index (χ4n) is 1.81. The van der Waals surface area contributed by atoms with Crippen LogP contribution in [0, 0.1) is 0 Å². The molecule has 1 N–H and O–H groups in total. The maximum atomic E-state index is 12.7. The molecule has 0 aliphatic rings. The lowest BCUT2D eigenvalue weighted by Crippen LogP contribution is -2.35. The molecule has 0 saturated heterocycles. The van der Waals surface area contributed by atoms with Crippen LogP contribution in [-0.4, -0.2) is 26.0 Å². The van der Waals surface area contributed by atoms with Crippen LogP contribution in [-0.2, 0) is 14.8 Å². The Hall–Kier alpha value is -1.47. The summed E-state index contributed by atoms with van der Waals surface area (Å²) in [6, 6.07) is 9.53. The smallest absolute Gasteiger partial charge is 0.324 e. The molecule has 0 spiro atoms. The Labute approximate surface area is 148 Å². The van der Waals surface area contributed by atoms with Crippen molar-refractivity contribution in [2.75, 3.05) is 10.8 Å². The number of hydrogen-bond acceptors (Lipinski definition) is 3. The molecule has 0 bridgehead atoms. The SMILES string of the molecule is O=C(O)CN(c1ccc(Cl)cc1)S(=O)(=O)c1ccc(Cl)c(Cl)c1. The van der Waals surface area contributed by atoms with Gasteiger partial charge in [-0.3, -0.25) is 9.10 Å². The summed E-state index contributed by atoms with van der Waals surface area (Å²) in [6.45, 7) is -0.746. The summed E-state index contributed by atoms with van der Waals surface area (Å²) in [7, 11) is -4.13. The molecule has 2 rings (SSSR count). The highest BCUT2D eigenvalue weighted by atomic mass is 35.5. The fraction of sp³-hybridized carbons (Fsp3) is 0.0714. The van der Waals surface area contributed by atoms with Gasteiger partial charge in [0.05, 0.1) is 20.6 Å². The molecule has 0 unspecified atom stereocenters. The first-order chi connectivity index (χ1) is 10.7. The van der Waals surface area contributed by atoms with Gasteiger partial charge in [-0.25, -0.2) is 8.42 Å². The van der Waals surface area contributed by atoms with Gasteiger partial charge in [0.2, 0.25) is 0 Å². The zero-order chi connectivity index (χ0) is 17.2. The molecule has 0 radical (unpaired) electrons. The summed E-state index contributed by atoms with van der Waals surface area (Å²) in [5, 5.41) is 9.68. The van der Waals surface area contributed by atoms with E-state index in [2.05, 4.69) is 0 Å². The van der Waals surface area contributed by atoms with Gasteiger partial charge in [0.1, 0.15) is 6.54 Å². The summed E-state index contributed by atoms with van der Waals surface area (Å²) < 4.78 is 26.2. The van der Waals surface area contributed by atoms with Crippen LogP contribution >= 0.6 is 34.8 Å². The van der Waals surface area contributed by atoms with Gasteiger partial charge in [-0.05, 0) is 42.5 Å². The number of carboxylic acid groups (broad SMARTS) is 1. The number of benzene rings is 2. The quantitative estimate of drug-likeness (QED) is 0.834. The fourth-order valence-corrected chi connectivity index (χ4v) is 3.74. The summed E-state index contributed by atoms with van der Waals surface area (Å²) in [4.78, 5) is 10.9. The van der Waals surface area contributed by atoms with Gasteiger partial charge < -0.3 is 5.11 Å². The summed E-state index contributed by atoms with van der Waals surface area (Å²) >= 11 is 17.4. The van der Waals surface area contributed by atoms with Crippen molar-refractivity contribution in [1.82, 2.24) is 0 Å². The molecule has 0 fully saturated rings. The highest BCUT2D eigenvalue weighted by Crippen LogP contribution is 2.29. The topological polar surface area (TPSA) is 74.7 Å². The number of carbonyl (C=O) groups is 1. The molecule has 0 heterocycles. The lowest BCUT2D eigenvalue weighted by Gasteiger charge is -2.23. The zero-order valence-electron chi connectivity index (χ0n) is 11.4. The molecule has 23 heavy (non-hydrogen) atoms. The van der Waals surface area contributed by atoms with Crippen molar-refractivity contribution < 1.29 is 18.3 Å². The van der Waals surface area contributed by atoms with Crippen molar-refractivity contribution in [2.45, 2.75) is 4.90 Å². The molecular formula is C14H10Cl3NO4S. The second-order valence-electron chi connectivity index (χ2n) is 4.46. The Morgan fingerprint density at radius 3 is 2.13 bits per heavy atom. The molecule has 2 aromatic rings. The molecule has 122 valence electrons. The number of rotatable bonds is 5. The van der Waals surface area contributed by atoms with Gasteiger partial charge >= 0.3 is 5.97 Å². The van der Waals surface area contributed by atoms with E-state index in [9.17, 15) is 13.2 Å². The van der Waals surface area contributed by atoms with Gasteiger partial charge in [0.15, 0.2) is 0 Å². The highest BCUT2D eigenvalue weighted by molar-refractivity contribution is 7.92. The minimum atomic E-state index is -4.13.